The van der Waals surface area contributed by atoms with Crippen molar-refractivity contribution in [3.8, 4) is 0 Å². The molecule has 0 aliphatic carbocycles. The van der Waals surface area contributed by atoms with Crippen LogP contribution in [0.1, 0.15) is 6.92 Å². The number of ether oxygens (including phenoxy) is 1. The van der Waals surface area contributed by atoms with Crippen LogP contribution in [0.5, 0.6) is 0 Å². The molecule has 0 bridgehead atoms. The Morgan fingerprint density at radius 3 is 2.81 bits per heavy atom. The predicted octanol–water partition coefficient (Wildman–Crippen LogP) is -0.0271. The zero-order valence-corrected chi connectivity index (χ0v) is 12.3. The molecule has 21 heavy (non-hydrogen) atoms. The van der Waals surface area contributed by atoms with Gasteiger partial charge in [-0.15, -0.1) is 0 Å². The number of carbonyl (C=O) groups excluding carboxylic acids is 1. The number of sulfonamides is 1. The molecule has 0 aliphatic heterocycles. The fourth-order valence-electron chi connectivity index (χ4n) is 1.73. The summed E-state index contributed by atoms with van der Waals surface area (Å²) in [5, 5.41) is 0. The number of nitrogens with one attached hydrogen (secondary N) is 1. The molecule has 1 aromatic carbocycles. The van der Waals surface area contributed by atoms with Crippen molar-refractivity contribution in [2.75, 3.05) is 13.2 Å². The topological polar surface area (TPSA) is 108 Å². The molecular weight excluding hydrogens is 300 g/mol. The third-order valence-electron chi connectivity index (χ3n) is 2.79. The molecule has 1 N–H and O–H groups in total. The van der Waals surface area contributed by atoms with Gasteiger partial charge in [-0.1, -0.05) is 0 Å². The summed E-state index contributed by atoms with van der Waals surface area (Å²) in [6, 6.07) is 4.01. The first-order valence-electron chi connectivity index (χ1n) is 6.10. The summed E-state index contributed by atoms with van der Waals surface area (Å²) in [7, 11) is -2.38. The van der Waals surface area contributed by atoms with Gasteiger partial charge in [-0.3, -0.25) is 9.36 Å². The van der Waals surface area contributed by atoms with Crippen LogP contribution in [0, 0.1) is 0 Å². The summed E-state index contributed by atoms with van der Waals surface area (Å²) < 4.78 is 37.0. The highest BCUT2D eigenvalue weighted by molar-refractivity contribution is 7.89. The zero-order valence-electron chi connectivity index (χ0n) is 11.5. The van der Waals surface area contributed by atoms with Crippen LogP contribution < -0.4 is 10.5 Å². The van der Waals surface area contributed by atoms with Crippen molar-refractivity contribution in [2.45, 2.75) is 11.8 Å². The SMILES string of the molecule is CCOC(=O)CNS(=O)(=O)c1ccc2c(c1)oc(=O)n2C. The van der Waals surface area contributed by atoms with Crippen LogP contribution in [0.3, 0.4) is 0 Å². The summed E-state index contributed by atoms with van der Waals surface area (Å²) in [6.45, 7) is 1.33. The first-order chi connectivity index (χ1) is 9.85. The summed E-state index contributed by atoms with van der Waals surface area (Å²) in [5.74, 6) is -1.26. The first kappa shape index (κ1) is 15.3. The molecule has 0 atom stereocenters. The molecule has 1 aromatic heterocycles. The van der Waals surface area contributed by atoms with Crippen LogP contribution in [0.4, 0.5) is 0 Å². The number of hydrogen-bond acceptors (Lipinski definition) is 6. The Morgan fingerprint density at radius 1 is 1.43 bits per heavy atom. The van der Waals surface area contributed by atoms with Gasteiger partial charge in [0, 0.05) is 13.1 Å². The first-order valence-corrected chi connectivity index (χ1v) is 7.58. The van der Waals surface area contributed by atoms with Crippen molar-refractivity contribution in [2.24, 2.45) is 7.05 Å². The van der Waals surface area contributed by atoms with Crippen LogP contribution in [0.15, 0.2) is 32.3 Å². The van der Waals surface area contributed by atoms with Gasteiger partial charge in [-0.25, -0.2) is 13.2 Å². The summed E-state index contributed by atoms with van der Waals surface area (Å²) in [5.41, 5.74) is 0.630. The van der Waals surface area contributed by atoms with Crippen molar-refractivity contribution >= 4 is 27.1 Å². The standard InChI is InChI=1S/C12H14N2O6S/c1-3-19-11(15)7-13-21(17,18)8-4-5-9-10(6-8)20-12(16)14(9)2/h4-6,13H,3,7H2,1-2H3. The maximum absolute atomic E-state index is 12.0. The Morgan fingerprint density at radius 2 is 2.14 bits per heavy atom. The molecule has 0 spiro atoms. The van der Waals surface area contributed by atoms with Crippen molar-refractivity contribution in [1.82, 2.24) is 9.29 Å². The van der Waals surface area contributed by atoms with E-state index in [1.807, 2.05) is 0 Å². The number of rotatable bonds is 5. The van der Waals surface area contributed by atoms with E-state index in [2.05, 4.69) is 9.46 Å². The third-order valence-corrected chi connectivity index (χ3v) is 4.18. The van der Waals surface area contributed by atoms with E-state index >= 15 is 0 Å². The Balaban J connectivity index is 2.28. The van der Waals surface area contributed by atoms with Gasteiger partial charge >= 0.3 is 11.7 Å². The van der Waals surface area contributed by atoms with Crippen molar-refractivity contribution < 1.29 is 22.4 Å². The van der Waals surface area contributed by atoms with Crippen LogP contribution in [-0.2, 0) is 26.6 Å². The van der Waals surface area contributed by atoms with Gasteiger partial charge in [-0.2, -0.15) is 4.72 Å². The highest BCUT2D eigenvalue weighted by Gasteiger charge is 2.18. The Bertz CT molecular complexity index is 833. The lowest BCUT2D eigenvalue weighted by molar-refractivity contribution is -0.141. The van der Waals surface area contributed by atoms with E-state index in [9.17, 15) is 18.0 Å². The number of esters is 1. The quantitative estimate of drug-likeness (QED) is 0.777. The Hall–Kier alpha value is -2.13. The minimum atomic E-state index is -3.89. The van der Waals surface area contributed by atoms with E-state index < -0.39 is 28.3 Å². The lowest BCUT2D eigenvalue weighted by Crippen LogP contribution is -2.30. The van der Waals surface area contributed by atoms with Gasteiger partial charge in [0.1, 0.15) is 6.54 Å². The lowest BCUT2D eigenvalue weighted by Gasteiger charge is -2.06. The van der Waals surface area contributed by atoms with Crippen molar-refractivity contribution in [3.63, 3.8) is 0 Å². The largest absolute Gasteiger partial charge is 0.465 e. The Labute approximate surface area is 120 Å². The zero-order chi connectivity index (χ0) is 15.6. The van der Waals surface area contributed by atoms with Gasteiger partial charge < -0.3 is 9.15 Å². The second kappa shape index (κ2) is 5.70. The molecule has 2 aromatic rings. The molecule has 0 unspecified atom stereocenters. The molecule has 0 radical (unpaired) electrons. The van der Waals surface area contributed by atoms with Crippen LogP contribution >= 0.6 is 0 Å². The minimum absolute atomic E-state index is 0.103. The van der Waals surface area contributed by atoms with E-state index in [1.54, 1.807) is 6.92 Å². The predicted molar refractivity (Wildman–Crippen MR) is 73.3 cm³/mol. The number of benzene rings is 1. The van der Waals surface area contributed by atoms with E-state index in [1.165, 1.54) is 29.8 Å². The van der Waals surface area contributed by atoms with E-state index in [0.717, 1.165) is 0 Å². The minimum Gasteiger partial charge on any atom is -0.465 e. The highest BCUT2D eigenvalue weighted by atomic mass is 32.2. The normalized spacial score (nSPS) is 11.7. The number of hydrogen-bond donors (Lipinski definition) is 1. The monoisotopic (exact) mass is 314 g/mol. The van der Waals surface area contributed by atoms with Gasteiger partial charge in [0.25, 0.3) is 0 Å². The number of oxazole rings is 1. The highest BCUT2D eigenvalue weighted by Crippen LogP contribution is 2.17. The van der Waals surface area contributed by atoms with Gasteiger partial charge in [0.2, 0.25) is 10.0 Å². The molecule has 8 nitrogen and oxygen atoms in total. The number of nitrogens with zero attached hydrogens (tertiary/aromatic N) is 1. The van der Waals surface area contributed by atoms with Crippen LogP contribution in [0.2, 0.25) is 0 Å². The van der Waals surface area contributed by atoms with Crippen molar-refractivity contribution in [1.29, 1.82) is 0 Å². The molecule has 0 fully saturated rings. The van der Waals surface area contributed by atoms with Gasteiger partial charge in [-0.05, 0) is 19.1 Å². The molecule has 0 saturated heterocycles. The van der Waals surface area contributed by atoms with Crippen LogP contribution in [-0.4, -0.2) is 32.1 Å². The van der Waals surface area contributed by atoms with Gasteiger partial charge in [0.15, 0.2) is 5.58 Å². The van der Waals surface area contributed by atoms with Crippen molar-refractivity contribution in [3.05, 3.63) is 28.7 Å². The molecule has 1 heterocycles. The fourth-order valence-corrected chi connectivity index (χ4v) is 2.71. The molecule has 9 heteroatoms. The summed E-state index contributed by atoms with van der Waals surface area (Å²) in [6.07, 6.45) is 0. The summed E-state index contributed by atoms with van der Waals surface area (Å²) in [4.78, 5) is 22.4. The third kappa shape index (κ3) is 3.14. The maximum Gasteiger partial charge on any atom is 0.419 e. The number of aryl methyl sites for hydroxylation is 1. The smallest absolute Gasteiger partial charge is 0.419 e. The number of fused-ring (bicyclic) bond motifs is 1. The van der Waals surface area contributed by atoms with E-state index in [0.29, 0.717) is 5.52 Å². The fraction of sp³-hybridized carbons (Fsp3) is 0.333. The molecule has 0 amide bonds. The summed E-state index contributed by atoms with van der Waals surface area (Å²) >= 11 is 0. The average molecular weight is 314 g/mol. The van der Waals surface area contributed by atoms with E-state index in [4.69, 9.17) is 4.42 Å². The molecule has 0 aliphatic rings. The average Bonchev–Trinajstić information content (AvgIpc) is 2.72. The molecular formula is C12H14N2O6S. The van der Waals surface area contributed by atoms with E-state index in [-0.39, 0.29) is 17.1 Å². The molecule has 114 valence electrons. The second-order valence-corrected chi connectivity index (χ2v) is 5.95. The van der Waals surface area contributed by atoms with Gasteiger partial charge in [0.05, 0.1) is 17.0 Å². The molecule has 0 saturated carbocycles. The number of aromatic nitrogens is 1. The van der Waals surface area contributed by atoms with Crippen LogP contribution in [0.25, 0.3) is 11.1 Å². The second-order valence-electron chi connectivity index (χ2n) is 4.19. The number of carbonyl (C=O) groups is 1. The maximum atomic E-state index is 12.0. The Kier molecular flexibility index (Phi) is 4.14. The molecule has 2 rings (SSSR count). The lowest BCUT2D eigenvalue weighted by atomic mass is 10.3.